The van der Waals surface area contributed by atoms with E-state index in [1.54, 1.807) is 16.7 Å². The van der Waals surface area contributed by atoms with Crippen LogP contribution in [0.4, 0.5) is 4.39 Å². The molecule has 6 heteroatoms. The fourth-order valence-electron chi connectivity index (χ4n) is 3.68. The first-order chi connectivity index (χ1) is 13.7. The molecule has 0 aliphatic carbocycles. The first kappa shape index (κ1) is 21.6. The molecule has 0 unspecified atom stereocenters. The molecule has 158 valence electrons. The van der Waals surface area contributed by atoms with Gasteiger partial charge in [0.25, 0.3) is 5.91 Å². The van der Waals surface area contributed by atoms with Gasteiger partial charge in [-0.05, 0) is 40.2 Å². The Morgan fingerprint density at radius 3 is 2.17 bits per heavy atom. The molecule has 3 aromatic rings. The van der Waals surface area contributed by atoms with Crippen molar-refractivity contribution in [1.29, 1.82) is 0 Å². The number of hydrogen-bond donors (Lipinski definition) is 2. The smallest absolute Gasteiger partial charge is 0.254 e. The van der Waals surface area contributed by atoms with E-state index in [1.165, 1.54) is 18.3 Å². The summed E-state index contributed by atoms with van der Waals surface area (Å²) in [5.74, 6) is -1.59. The number of fused-ring (bicyclic) bond motifs is 1. The van der Waals surface area contributed by atoms with E-state index in [1.807, 2.05) is 47.6 Å². The number of aromatic hydroxyl groups is 1. The van der Waals surface area contributed by atoms with Crippen molar-refractivity contribution < 1.29 is 14.3 Å². The van der Waals surface area contributed by atoms with Crippen LogP contribution in [0.1, 0.15) is 63.0 Å². The van der Waals surface area contributed by atoms with Crippen LogP contribution in [-0.4, -0.2) is 15.6 Å². The third-order valence-electron chi connectivity index (χ3n) is 5.24. The van der Waals surface area contributed by atoms with E-state index in [0.717, 1.165) is 11.1 Å². The van der Waals surface area contributed by atoms with Crippen LogP contribution in [0.5, 0.6) is 5.75 Å². The van der Waals surface area contributed by atoms with Crippen molar-refractivity contribution in [3.05, 3.63) is 69.3 Å². The predicted molar refractivity (Wildman–Crippen MR) is 117 cm³/mol. The molecule has 5 nitrogen and oxygen atoms in total. The number of hydrogen-bond acceptors (Lipinski definition) is 3. The van der Waals surface area contributed by atoms with Crippen LogP contribution in [0, 0.1) is 5.82 Å². The monoisotopic (exact) mass is 410 g/mol. The molecule has 0 aliphatic heterocycles. The maximum atomic E-state index is 14.6. The Labute approximate surface area is 175 Å². The van der Waals surface area contributed by atoms with Gasteiger partial charge in [-0.1, -0.05) is 47.6 Å². The van der Waals surface area contributed by atoms with Gasteiger partial charge in [0.1, 0.15) is 17.1 Å². The van der Waals surface area contributed by atoms with E-state index in [-0.39, 0.29) is 27.5 Å². The Bertz CT molecular complexity index is 1230. The van der Waals surface area contributed by atoms with Crippen LogP contribution < -0.4 is 11.2 Å². The lowest BCUT2D eigenvalue weighted by Gasteiger charge is -2.29. The number of carbonyl (C=O) groups excluding carboxylic acids is 1. The molecule has 3 rings (SSSR count). The summed E-state index contributed by atoms with van der Waals surface area (Å²) in [7, 11) is 0. The quantitative estimate of drug-likeness (QED) is 0.651. The molecule has 0 radical (unpaired) electrons. The highest BCUT2D eigenvalue weighted by Gasteiger charge is 2.27. The third-order valence-corrected chi connectivity index (χ3v) is 5.24. The molecule has 3 N–H and O–H groups in total. The van der Waals surface area contributed by atoms with E-state index in [0.29, 0.717) is 11.2 Å². The molecule has 0 bridgehead atoms. The van der Waals surface area contributed by atoms with Gasteiger partial charge in [-0.2, -0.15) is 0 Å². The van der Waals surface area contributed by atoms with Crippen molar-refractivity contribution in [2.45, 2.75) is 52.4 Å². The van der Waals surface area contributed by atoms with Gasteiger partial charge in [0, 0.05) is 12.3 Å². The van der Waals surface area contributed by atoms with Gasteiger partial charge in [-0.3, -0.25) is 9.59 Å². The number of halogens is 1. The summed E-state index contributed by atoms with van der Waals surface area (Å²) in [6.07, 6.45) is 1.33. The van der Waals surface area contributed by atoms with E-state index < -0.39 is 17.2 Å². The fraction of sp³-hybridized carbons (Fsp3) is 0.333. The maximum absolute atomic E-state index is 14.6. The van der Waals surface area contributed by atoms with Crippen LogP contribution in [0.25, 0.3) is 16.6 Å². The number of phenols is 1. The Hall–Kier alpha value is -3.15. The first-order valence-corrected chi connectivity index (χ1v) is 9.75. The van der Waals surface area contributed by atoms with Crippen molar-refractivity contribution in [2.75, 3.05) is 0 Å². The molecule has 1 heterocycles. The zero-order valence-corrected chi connectivity index (χ0v) is 18.1. The molecule has 0 saturated carbocycles. The lowest BCUT2D eigenvalue weighted by molar-refractivity contribution is 0.0999. The molecule has 1 amide bonds. The molecular weight excluding hydrogens is 383 g/mol. The lowest BCUT2D eigenvalue weighted by atomic mass is 9.79. The molecule has 1 aromatic heterocycles. The summed E-state index contributed by atoms with van der Waals surface area (Å²) >= 11 is 0. The number of nitrogens with two attached hydrogens (primary N) is 1. The number of benzene rings is 2. The SMILES string of the molecule is CC(C)(C)c1cc(C(C)(C)C)c(-n2cc(C(N)=O)c(=O)c3c(F)cccc32)cc1O. The second-order valence-electron chi connectivity index (χ2n) is 9.63. The highest BCUT2D eigenvalue weighted by Crippen LogP contribution is 2.39. The van der Waals surface area contributed by atoms with E-state index in [4.69, 9.17) is 5.73 Å². The fourth-order valence-corrected chi connectivity index (χ4v) is 3.68. The minimum absolute atomic E-state index is 0.0781. The minimum atomic E-state index is -0.938. The number of pyridine rings is 1. The average Bonchev–Trinajstić information content (AvgIpc) is 2.59. The number of phenolic OH excluding ortho intramolecular Hbond substituents is 1. The summed E-state index contributed by atoms with van der Waals surface area (Å²) in [5.41, 5.74) is 6.17. The molecule has 2 aromatic carbocycles. The molecule has 0 saturated heterocycles. The average molecular weight is 410 g/mol. The molecule has 0 fully saturated rings. The largest absolute Gasteiger partial charge is 0.508 e. The Balaban J connectivity index is 2.54. The Morgan fingerprint density at radius 1 is 1.03 bits per heavy atom. The van der Waals surface area contributed by atoms with Crippen molar-refractivity contribution >= 4 is 16.8 Å². The number of primary amides is 1. The normalized spacial score (nSPS) is 12.4. The number of carbonyl (C=O) groups is 1. The highest BCUT2D eigenvalue weighted by molar-refractivity contribution is 5.96. The van der Waals surface area contributed by atoms with E-state index in [9.17, 15) is 19.1 Å². The van der Waals surface area contributed by atoms with Crippen LogP contribution in [0.15, 0.2) is 41.3 Å². The molecular formula is C24H27FN2O3. The van der Waals surface area contributed by atoms with Crippen molar-refractivity contribution in [3.63, 3.8) is 0 Å². The number of amides is 1. The number of rotatable bonds is 2. The summed E-state index contributed by atoms with van der Waals surface area (Å²) in [5, 5.41) is 10.6. The predicted octanol–water partition coefficient (Wildman–Crippen LogP) is 4.53. The topological polar surface area (TPSA) is 85.3 Å². The van der Waals surface area contributed by atoms with Gasteiger partial charge in [0.15, 0.2) is 0 Å². The van der Waals surface area contributed by atoms with Gasteiger partial charge in [0.2, 0.25) is 5.43 Å². The molecule has 0 aliphatic rings. The molecule has 0 atom stereocenters. The minimum Gasteiger partial charge on any atom is -0.508 e. The Kier molecular flexibility index (Phi) is 5.01. The second-order valence-corrected chi connectivity index (χ2v) is 9.63. The van der Waals surface area contributed by atoms with Crippen LogP contribution in [0.3, 0.4) is 0 Å². The number of nitrogens with zero attached hydrogens (tertiary/aromatic N) is 1. The van der Waals surface area contributed by atoms with Crippen LogP contribution in [-0.2, 0) is 10.8 Å². The van der Waals surface area contributed by atoms with Gasteiger partial charge < -0.3 is 15.4 Å². The van der Waals surface area contributed by atoms with Crippen molar-refractivity contribution in [2.24, 2.45) is 5.73 Å². The zero-order chi connectivity index (χ0) is 22.6. The van der Waals surface area contributed by atoms with Gasteiger partial charge in [-0.25, -0.2) is 4.39 Å². The summed E-state index contributed by atoms with van der Waals surface area (Å²) in [6, 6.07) is 7.80. The Morgan fingerprint density at radius 2 is 1.63 bits per heavy atom. The number of aromatic nitrogens is 1. The van der Waals surface area contributed by atoms with Gasteiger partial charge >= 0.3 is 0 Å². The summed E-state index contributed by atoms with van der Waals surface area (Å²) < 4.78 is 16.2. The molecule has 0 spiro atoms. The van der Waals surface area contributed by atoms with Crippen molar-refractivity contribution in [1.82, 2.24) is 4.57 Å². The van der Waals surface area contributed by atoms with Crippen LogP contribution in [0.2, 0.25) is 0 Å². The van der Waals surface area contributed by atoms with Crippen LogP contribution >= 0.6 is 0 Å². The standard InChI is InChI=1S/C24H27FN2O3/c1-23(2,3)14-10-15(24(4,5)6)19(28)11-18(14)27-12-13(22(26)30)21(29)20-16(25)8-7-9-17(20)27/h7-12,28H,1-6H3,(H2,26,30). The second kappa shape index (κ2) is 6.97. The van der Waals surface area contributed by atoms with Gasteiger partial charge in [0.05, 0.1) is 16.6 Å². The van der Waals surface area contributed by atoms with Crippen molar-refractivity contribution in [3.8, 4) is 11.4 Å². The molecule has 30 heavy (non-hydrogen) atoms. The summed E-state index contributed by atoms with van der Waals surface area (Å²) in [4.78, 5) is 24.6. The highest BCUT2D eigenvalue weighted by atomic mass is 19.1. The zero-order valence-electron chi connectivity index (χ0n) is 18.1. The lowest BCUT2D eigenvalue weighted by Crippen LogP contribution is -2.25. The van der Waals surface area contributed by atoms with E-state index in [2.05, 4.69) is 0 Å². The maximum Gasteiger partial charge on any atom is 0.254 e. The third kappa shape index (κ3) is 3.58. The first-order valence-electron chi connectivity index (χ1n) is 9.75. The van der Waals surface area contributed by atoms with Gasteiger partial charge in [-0.15, -0.1) is 0 Å². The van der Waals surface area contributed by atoms with E-state index >= 15 is 0 Å². The summed E-state index contributed by atoms with van der Waals surface area (Å²) in [6.45, 7) is 12.1.